The third kappa shape index (κ3) is 3.46. The van der Waals surface area contributed by atoms with Gasteiger partial charge in [-0.15, -0.1) is 0 Å². The van der Waals surface area contributed by atoms with Gasteiger partial charge in [-0.25, -0.2) is 0 Å². The van der Waals surface area contributed by atoms with Gasteiger partial charge in [0.15, 0.2) is 5.76 Å². The normalized spacial score (nSPS) is 16.7. The lowest BCUT2D eigenvalue weighted by atomic mass is 9.93. The second-order valence-electron chi connectivity index (χ2n) is 6.61. The smallest absolute Gasteiger partial charge is 0.290 e. The molecule has 1 aliphatic heterocycles. The minimum Gasteiger partial charge on any atom is -0.503 e. The summed E-state index contributed by atoms with van der Waals surface area (Å²) in [5.74, 6) is -0.588. The van der Waals surface area contributed by atoms with Crippen molar-refractivity contribution in [2.45, 2.75) is 12.6 Å². The zero-order chi connectivity index (χ0) is 19.7. The molecule has 1 aliphatic rings. The van der Waals surface area contributed by atoms with Crippen LogP contribution in [0, 0.1) is 0 Å². The molecule has 3 aromatic rings. The molecule has 0 saturated carbocycles. The van der Waals surface area contributed by atoms with E-state index in [-0.39, 0.29) is 11.7 Å². The predicted octanol–water partition coefficient (Wildman–Crippen LogP) is 6.16. The lowest BCUT2D eigenvalue weighted by Crippen LogP contribution is -2.30. The van der Waals surface area contributed by atoms with Gasteiger partial charge in [0.05, 0.1) is 6.04 Å². The average molecular weight is 455 g/mol. The fourth-order valence-corrected chi connectivity index (χ4v) is 4.16. The summed E-state index contributed by atoms with van der Waals surface area (Å²) in [6.07, 6.45) is 0. The molecule has 3 aromatic carbocycles. The summed E-state index contributed by atoms with van der Waals surface area (Å²) in [5.41, 5.74) is 3.31. The quantitative estimate of drug-likeness (QED) is 0.513. The number of carbonyl (C=O) groups excluding carboxylic acids is 1. The first-order chi connectivity index (χ1) is 13.6. The Kier molecular flexibility index (Phi) is 5.25. The Hall–Kier alpha value is -2.56. The molecule has 0 radical (unpaired) electrons. The average Bonchev–Trinajstić information content (AvgIpc) is 2.95. The highest BCUT2D eigenvalue weighted by Crippen LogP contribution is 2.45. The number of nitrogens with zero attached hydrogens (tertiary/aromatic N) is 1. The van der Waals surface area contributed by atoms with Crippen LogP contribution in [0.4, 0.5) is 0 Å². The molecular weight excluding hydrogens is 438 g/mol. The molecule has 0 aromatic heterocycles. The molecule has 3 nitrogen and oxygen atoms in total. The van der Waals surface area contributed by atoms with Crippen LogP contribution < -0.4 is 0 Å². The van der Waals surface area contributed by atoms with Crippen molar-refractivity contribution in [2.75, 3.05) is 0 Å². The van der Waals surface area contributed by atoms with E-state index in [9.17, 15) is 9.90 Å². The highest BCUT2D eigenvalue weighted by atomic mass is 79.9. The molecule has 28 heavy (non-hydrogen) atoms. The van der Waals surface area contributed by atoms with Gasteiger partial charge in [0.1, 0.15) is 0 Å². The number of hydrogen-bond acceptors (Lipinski definition) is 2. The first kappa shape index (κ1) is 18.8. The van der Waals surface area contributed by atoms with Crippen molar-refractivity contribution in [3.63, 3.8) is 0 Å². The third-order valence-corrected chi connectivity index (χ3v) is 5.83. The van der Waals surface area contributed by atoms with Gasteiger partial charge in [-0.1, -0.05) is 88.2 Å². The first-order valence-corrected chi connectivity index (χ1v) is 10.0. The Morgan fingerprint density at radius 3 is 2.25 bits per heavy atom. The highest BCUT2D eigenvalue weighted by Gasteiger charge is 2.41. The Morgan fingerprint density at radius 2 is 1.57 bits per heavy atom. The van der Waals surface area contributed by atoms with Crippen molar-refractivity contribution in [3.8, 4) is 0 Å². The van der Waals surface area contributed by atoms with Gasteiger partial charge in [-0.2, -0.15) is 0 Å². The largest absolute Gasteiger partial charge is 0.503 e. The van der Waals surface area contributed by atoms with Gasteiger partial charge in [-0.05, 0) is 34.9 Å². The summed E-state index contributed by atoms with van der Waals surface area (Å²) in [4.78, 5) is 14.7. The highest BCUT2D eigenvalue weighted by molar-refractivity contribution is 9.10. The number of rotatable bonds is 4. The molecule has 4 rings (SSSR count). The van der Waals surface area contributed by atoms with E-state index in [1.54, 1.807) is 17.0 Å². The van der Waals surface area contributed by atoms with Gasteiger partial charge in [-0.3, -0.25) is 4.79 Å². The summed E-state index contributed by atoms with van der Waals surface area (Å²) in [7, 11) is 0. The Labute approximate surface area is 177 Å². The van der Waals surface area contributed by atoms with Crippen LogP contribution in [0.1, 0.15) is 22.7 Å². The summed E-state index contributed by atoms with van der Waals surface area (Å²) >= 11 is 9.60. The van der Waals surface area contributed by atoms with Gasteiger partial charge >= 0.3 is 0 Å². The first-order valence-electron chi connectivity index (χ1n) is 8.84. The third-order valence-electron chi connectivity index (χ3n) is 4.85. The van der Waals surface area contributed by atoms with E-state index >= 15 is 0 Å². The van der Waals surface area contributed by atoms with Crippen molar-refractivity contribution in [3.05, 3.63) is 111 Å². The van der Waals surface area contributed by atoms with Crippen LogP contribution in [-0.2, 0) is 11.3 Å². The molecule has 0 bridgehead atoms. The number of benzene rings is 3. The van der Waals surface area contributed by atoms with Crippen molar-refractivity contribution in [2.24, 2.45) is 0 Å². The van der Waals surface area contributed by atoms with Crippen molar-refractivity contribution in [1.82, 2.24) is 4.90 Å². The molecule has 0 fully saturated rings. The van der Waals surface area contributed by atoms with Gasteiger partial charge in [0.25, 0.3) is 5.91 Å². The van der Waals surface area contributed by atoms with Gasteiger partial charge in [0.2, 0.25) is 0 Å². The Bertz CT molecular complexity index is 1050. The SMILES string of the molecule is O=C1C(O)=C(c2ccccc2)C(c2ccccc2Br)N1Cc1ccc(Cl)cc1. The lowest BCUT2D eigenvalue weighted by molar-refractivity contribution is -0.130. The van der Waals surface area contributed by atoms with Crippen LogP contribution in [0.3, 0.4) is 0 Å². The van der Waals surface area contributed by atoms with Crippen molar-refractivity contribution < 1.29 is 9.90 Å². The second kappa shape index (κ2) is 7.82. The van der Waals surface area contributed by atoms with E-state index in [0.29, 0.717) is 17.1 Å². The number of hydrogen-bond donors (Lipinski definition) is 1. The molecule has 0 spiro atoms. The van der Waals surface area contributed by atoms with Crippen molar-refractivity contribution >= 4 is 39.0 Å². The summed E-state index contributed by atoms with van der Waals surface area (Å²) in [5, 5.41) is 11.4. The fraction of sp³-hybridized carbons (Fsp3) is 0.0870. The minimum atomic E-state index is -0.402. The minimum absolute atomic E-state index is 0.207. The molecule has 1 amide bonds. The van der Waals surface area contributed by atoms with Crippen LogP contribution in [0.2, 0.25) is 5.02 Å². The standard InChI is InChI=1S/C23H17BrClNO2/c24-19-9-5-4-8-18(19)21-20(16-6-2-1-3-7-16)22(27)23(28)26(21)14-15-10-12-17(25)13-11-15/h1-13,21,27H,14H2. The van der Waals surface area contributed by atoms with Crippen molar-refractivity contribution in [1.29, 1.82) is 0 Å². The number of aliphatic hydroxyl groups is 1. The van der Waals surface area contributed by atoms with E-state index in [0.717, 1.165) is 21.2 Å². The molecule has 1 atom stereocenters. The monoisotopic (exact) mass is 453 g/mol. The fourth-order valence-electron chi connectivity index (χ4n) is 3.54. The van der Waals surface area contributed by atoms with Gasteiger partial charge < -0.3 is 10.0 Å². The molecule has 1 heterocycles. The molecule has 0 saturated heterocycles. The van der Waals surface area contributed by atoms with Crippen LogP contribution in [0.25, 0.3) is 5.57 Å². The Morgan fingerprint density at radius 1 is 0.929 bits per heavy atom. The molecule has 1 N–H and O–H groups in total. The van der Waals surface area contributed by atoms with E-state index in [1.165, 1.54) is 0 Å². The number of carbonyl (C=O) groups is 1. The maximum Gasteiger partial charge on any atom is 0.290 e. The second-order valence-corrected chi connectivity index (χ2v) is 7.90. The summed E-state index contributed by atoms with van der Waals surface area (Å²) < 4.78 is 0.886. The van der Waals surface area contributed by atoms with Crippen LogP contribution in [-0.4, -0.2) is 15.9 Å². The molecular formula is C23H17BrClNO2. The molecule has 1 unspecified atom stereocenters. The lowest BCUT2D eigenvalue weighted by Gasteiger charge is -2.28. The van der Waals surface area contributed by atoms with E-state index < -0.39 is 6.04 Å². The van der Waals surface area contributed by atoms with E-state index in [2.05, 4.69) is 15.9 Å². The maximum atomic E-state index is 13.0. The Balaban J connectivity index is 1.83. The van der Waals surface area contributed by atoms with Crippen LogP contribution in [0.15, 0.2) is 89.1 Å². The summed E-state index contributed by atoms with van der Waals surface area (Å²) in [6.45, 7) is 0.363. The predicted molar refractivity (Wildman–Crippen MR) is 115 cm³/mol. The molecule has 5 heteroatoms. The number of halogens is 2. The zero-order valence-corrected chi connectivity index (χ0v) is 17.2. The van der Waals surface area contributed by atoms with Crippen LogP contribution in [0.5, 0.6) is 0 Å². The summed E-state index contributed by atoms with van der Waals surface area (Å²) in [6, 6.07) is 24.3. The molecule has 0 aliphatic carbocycles. The molecule has 140 valence electrons. The topological polar surface area (TPSA) is 40.5 Å². The van der Waals surface area contributed by atoms with Gasteiger partial charge in [0, 0.05) is 21.6 Å². The number of amides is 1. The zero-order valence-electron chi connectivity index (χ0n) is 14.8. The number of aliphatic hydroxyl groups excluding tert-OH is 1. The van der Waals surface area contributed by atoms with E-state index in [4.69, 9.17) is 11.6 Å². The maximum absolute atomic E-state index is 13.0. The van der Waals surface area contributed by atoms with Crippen LogP contribution >= 0.6 is 27.5 Å². The van der Waals surface area contributed by atoms with E-state index in [1.807, 2.05) is 66.7 Å².